The van der Waals surface area contributed by atoms with Gasteiger partial charge >= 0.3 is 5.69 Å². The third-order valence-electron chi connectivity index (χ3n) is 5.93. The smallest absolute Gasteiger partial charge is 0.332 e. The molecule has 1 aliphatic rings. The molecule has 1 aliphatic heterocycles. The lowest BCUT2D eigenvalue weighted by Gasteiger charge is -2.21. The van der Waals surface area contributed by atoms with Crippen LogP contribution in [0.2, 0.25) is 0 Å². The predicted octanol–water partition coefficient (Wildman–Crippen LogP) is 1.13. The summed E-state index contributed by atoms with van der Waals surface area (Å²) in [7, 11) is 3.05. The number of fused-ring (bicyclic) bond motifs is 1. The molecule has 1 aromatic carbocycles. The van der Waals surface area contributed by atoms with Gasteiger partial charge in [-0.05, 0) is 30.9 Å². The number of anilines is 1. The summed E-state index contributed by atoms with van der Waals surface area (Å²) < 4.78 is 4.15. The van der Waals surface area contributed by atoms with E-state index < -0.39 is 5.69 Å². The van der Waals surface area contributed by atoms with Crippen molar-refractivity contribution in [1.29, 1.82) is 0 Å². The molecular weight excluding hydrogens is 396 g/mol. The maximum atomic E-state index is 12.5. The third kappa shape index (κ3) is 4.12. The van der Waals surface area contributed by atoms with Crippen LogP contribution in [0.4, 0.5) is 5.69 Å². The van der Waals surface area contributed by atoms with Crippen molar-refractivity contribution in [2.24, 2.45) is 14.1 Å². The van der Waals surface area contributed by atoms with Gasteiger partial charge in [-0.25, -0.2) is 9.78 Å². The second-order valence-corrected chi connectivity index (χ2v) is 8.02. The Balaban J connectivity index is 1.36. The van der Waals surface area contributed by atoms with Crippen LogP contribution >= 0.6 is 0 Å². The Bertz CT molecular complexity index is 1220. The normalized spacial score (nSPS) is 13.8. The molecule has 0 atom stereocenters. The summed E-state index contributed by atoms with van der Waals surface area (Å²) in [6.45, 7) is 3.10. The maximum Gasteiger partial charge on any atom is 0.332 e. The highest BCUT2D eigenvalue weighted by Crippen LogP contribution is 2.24. The van der Waals surface area contributed by atoms with Gasteiger partial charge in [0.15, 0.2) is 11.2 Å². The number of aryl methyl sites for hydroxylation is 2. The van der Waals surface area contributed by atoms with E-state index in [4.69, 9.17) is 0 Å². The molecule has 1 N–H and O–H groups in total. The number of hydrogen-bond acceptors (Lipinski definition) is 5. The van der Waals surface area contributed by atoms with Crippen LogP contribution in [-0.2, 0) is 32.0 Å². The number of benzene rings is 1. The van der Waals surface area contributed by atoms with E-state index in [2.05, 4.69) is 27.3 Å². The van der Waals surface area contributed by atoms with Gasteiger partial charge in [0.1, 0.15) is 0 Å². The first kappa shape index (κ1) is 20.9. The Hall–Kier alpha value is -3.36. The zero-order chi connectivity index (χ0) is 22.0. The van der Waals surface area contributed by atoms with E-state index in [-0.39, 0.29) is 11.5 Å². The molecule has 0 unspecified atom stereocenters. The Labute approximate surface area is 179 Å². The Morgan fingerprint density at radius 2 is 1.84 bits per heavy atom. The standard InChI is InChI=1S/C22H28N6O3/c1-25-20-19(21(30)26(2)22(25)31)28(15-24-20)13-7-10-18(29)23-14-16-8-3-4-9-17(16)27-11-5-6-12-27/h3-4,8-9,15H,5-7,10-14H2,1-2H3,(H,23,29). The van der Waals surface area contributed by atoms with Gasteiger partial charge in [-0.2, -0.15) is 0 Å². The number of carbonyl (C=O) groups excluding carboxylic acids is 1. The Kier molecular flexibility index (Phi) is 5.92. The van der Waals surface area contributed by atoms with Gasteiger partial charge in [0.2, 0.25) is 5.91 Å². The van der Waals surface area contributed by atoms with Crippen LogP contribution in [-0.4, -0.2) is 37.7 Å². The van der Waals surface area contributed by atoms with Crippen molar-refractivity contribution in [1.82, 2.24) is 24.0 Å². The first-order chi connectivity index (χ1) is 15.0. The highest BCUT2D eigenvalue weighted by molar-refractivity contribution is 5.76. The lowest BCUT2D eigenvalue weighted by molar-refractivity contribution is -0.121. The first-order valence-electron chi connectivity index (χ1n) is 10.7. The van der Waals surface area contributed by atoms with E-state index in [0.29, 0.717) is 37.1 Å². The van der Waals surface area contributed by atoms with Gasteiger partial charge in [-0.3, -0.25) is 18.7 Å². The topological polar surface area (TPSA) is 94.2 Å². The van der Waals surface area contributed by atoms with Crippen molar-refractivity contribution < 1.29 is 4.79 Å². The number of para-hydroxylation sites is 1. The fraction of sp³-hybridized carbons (Fsp3) is 0.455. The average Bonchev–Trinajstić information content (AvgIpc) is 3.45. The van der Waals surface area contributed by atoms with Gasteiger partial charge in [-0.1, -0.05) is 18.2 Å². The molecule has 0 aliphatic carbocycles. The van der Waals surface area contributed by atoms with Gasteiger partial charge in [0.25, 0.3) is 5.56 Å². The number of rotatable bonds is 7. The molecule has 3 heterocycles. The summed E-state index contributed by atoms with van der Waals surface area (Å²) in [5.41, 5.74) is 2.28. The summed E-state index contributed by atoms with van der Waals surface area (Å²) in [5, 5.41) is 3.02. The monoisotopic (exact) mass is 424 g/mol. The summed E-state index contributed by atoms with van der Waals surface area (Å²) in [6, 6.07) is 8.21. The zero-order valence-electron chi connectivity index (χ0n) is 18.0. The number of nitrogens with one attached hydrogen (secondary N) is 1. The van der Waals surface area contributed by atoms with Crippen LogP contribution in [0, 0.1) is 0 Å². The van der Waals surface area contributed by atoms with Crippen LogP contribution in [0.1, 0.15) is 31.2 Å². The molecule has 4 rings (SSSR count). The van der Waals surface area contributed by atoms with Crippen molar-refractivity contribution in [2.45, 2.75) is 38.8 Å². The summed E-state index contributed by atoms with van der Waals surface area (Å²) in [4.78, 5) is 43.5. The van der Waals surface area contributed by atoms with Gasteiger partial charge in [0, 0.05) is 52.4 Å². The van der Waals surface area contributed by atoms with Crippen LogP contribution in [0.5, 0.6) is 0 Å². The molecule has 164 valence electrons. The van der Waals surface area contributed by atoms with Crippen molar-refractivity contribution >= 4 is 22.8 Å². The van der Waals surface area contributed by atoms with Crippen molar-refractivity contribution in [3.8, 4) is 0 Å². The van der Waals surface area contributed by atoms with E-state index in [1.54, 1.807) is 17.9 Å². The van der Waals surface area contributed by atoms with Crippen LogP contribution in [0.15, 0.2) is 40.2 Å². The van der Waals surface area contributed by atoms with Gasteiger partial charge in [0.05, 0.1) is 6.33 Å². The number of hydrogen-bond donors (Lipinski definition) is 1. The lowest BCUT2D eigenvalue weighted by Crippen LogP contribution is -2.37. The average molecular weight is 425 g/mol. The van der Waals surface area contributed by atoms with Crippen molar-refractivity contribution in [3.63, 3.8) is 0 Å². The second kappa shape index (κ2) is 8.79. The van der Waals surface area contributed by atoms with Crippen LogP contribution < -0.4 is 21.5 Å². The Morgan fingerprint density at radius 1 is 1.10 bits per heavy atom. The second-order valence-electron chi connectivity index (χ2n) is 8.02. The molecule has 1 fully saturated rings. The van der Waals surface area contributed by atoms with Crippen LogP contribution in [0.25, 0.3) is 11.2 Å². The number of amides is 1. The largest absolute Gasteiger partial charge is 0.371 e. The van der Waals surface area contributed by atoms with E-state index in [1.165, 1.54) is 30.1 Å². The summed E-state index contributed by atoms with van der Waals surface area (Å²) >= 11 is 0. The van der Waals surface area contributed by atoms with Gasteiger partial charge in [-0.15, -0.1) is 0 Å². The molecule has 0 spiro atoms. The van der Waals surface area contributed by atoms with Crippen LogP contribution in [0.3, 0.4) is 0 Å². The number of carbonyl (C=O) groups is 1. The SMILES string of the molecule is Cn1c(=O)c2c(ncn2CCCC(=O)NCc2ccccc2N2CCCC2)n(C)c1=O. The molecule has 0 bridgehead atoms. The van der Waals surface area contributed by atoms with Gasteiger partial charge < -0.3 is 14.8 Å². The molecule has 9 heteroatoms. The molecule has 3 aromatic rings. The van der Waals surface area contributed by atoms with Crippen molar-refractivity contribution in [3.05, 3.63) is 57.0 Å². The predicted molar refractivity (Wildman–Crippen MR) is 119 cm³/mol. The molecule has 9 nitrogen and oxygen atoms in total. The van der Waals surface area contributed by atoms with Crippen molar-refractivity contribution in [2.75, 3.05) is 18.0 Å². The molecule has 0 radical (unpaired) electrons. The lowest BCUT2D eigenvalue weighted by atomic mass is 10.1. The fourth-order valence-corrected chi connectivity index (χ4v) is 4.19. The minimum absolute atomic E-state index is 0.0269. The molecule has 1 amide bonds. The first-order valence-corrected chi connectivity index (χ1v) is 10.7. The summed E-state index contributed by atoms with van der Waals surface area (Å²) in [5.74, 6) is -0.0269. The molecule has 2 aromatic heterocycles. The minimum atomic E-state index is -0.406. The minimum Gasteiger partial charge on any atom is -0.371 e. The van der Waals surface area contributed by atoms with E-state index in [9.17, 15) is 14.4 Å². The molecule has 0 saturated carbocycles. The quantitative estimate of drug-likeness (QED) is 0.614. The Morgan fingerprint density at radius 3 is 2.61 bits per heavy atom. The number of aromatic nitrogens is 4. The maximum absolute atomic E-state index is 12.5. The zero-order valence-corrected chi connectivity index (χ0v) is 18.0. The van der Waals surface area contributed by atoms with E-state index in [1.807, 2.05) is 12.1 Å². The number of imidazole rings is 1. The highest BCUT2D eigenvalue weighted by Gasteiger charge is 2.16. The van der Waals surface area contributed by atoms with E-state index >= 15 is 0 Å². The fourth-order valence-electron chi connectivity index (χ4n) is 4.19. The highest BCUT2D eigenvalue weighted by atomic mass is 16.2. The number of nitrogens with zero attached hydrogens (tertiary/aromatic N) is 5. The third-order valence-corrected chi connectivity index (χ3v) is 5.93. The molecule has 31 heavy (non-hydrogen) atoms. The molecular formula is C22H28N6O3. The summed E-state index contributed by atoms with van der Waals surface area (Å²) in [6.07, 6.45) is 4.88. The van der Waals surface area contributed by atoms with E-state index in [0.717, 1.165) is 23.2 Å². The molecule has 1 saturated heterocycles.